The number of carbonyl (C=O) groups excluding carboxylic acids is 1. The van der Waals surface area contributed by atoms with Gasteiger partial charge in [-0.05, 0) is 18.6 Å². The molecule has 0 aromatic carbocycles. The lowest BCUT2D eigenvalue weighted by atomic mass is 10.2. The fourth-order valence-corrected chi connectivity index (χ4v) is 2.01. The van der Waals surface area contributed by atoms with Crippen molar-refractivity contribution in [3.8, 4) is 0 Å². The summed E-state index contributed by atoms with van der Waals surface area (Å²) in [5.74, 6) is 0.260. The molecule has 0 fully saturated rings. The van der Waals surface area contributed by atoms with Gasteiger partial charge >= 0.3 is 5.97 Å². The van der Waals surface area contributed by atoms with Gasteiger partial charge in [0.15, 0.2) is 0 Å². The smallest absolute Gasteiger partial charge is 0.326 e. The molecule has 0 aliphatic rings. The van der Waals surface area contributed by atoms with E-state index in [2.05, 4.69) is 12.2 Å². The first-order valence-corrected chi connectivity index (χ1v) is 6.88. The highest BCUT2D eigenvalue weighted by Gasteiger charge is 2.17. The Kier molecular flexibility index (Phi) is 9.95. The zero-order valence-electron chi connectivity index (χ0n) is 10.4. The maximum atomic E-state index is 10.8. The van der Waals surface area contributed by atoms with Crippen LogP contribution in [0.2, 0.25) is 0 Å². The second-order valence-corrected chi connectivity index (χ2v) is 4.83. The third-order valence-electron chi connectivity index (χ3n) is 1.95. The Labute approximate surface area is 106 Å². The molecule has 2 N–H and O–H groups in total. The molecule has 0 aromatic heterocycles. The number of nitrogens with one attached hydrogen (secondary N) is 1. The number of carboxylic acids is 1. The molecule has 0 saturated carbocycles. The lowest BCUT2D eigenvalue weighted by Gasteiger charge is -2.12. The molecule has 1 unspecified atom stereocenters. The van der Waals surface area contributed by atoms with Gasteiger partial charge in [-0.25, -0.2) is 4.79 Å². The zero-order chi connectivity index (χ0) is 13.1. The Morgan fingerprint density at radius 1 is 1.35 bits per heavy atom. The standard InChI is InChI=1S/C11H21NO4S/c1-3-5-16-6-8-17-7-4-10(11(14)15)12-9(2)13/h10H,3-8H2,1-2H3,(H,12,13)(H,14,15). The van der Waals surface area contributed by atoms with Crippen LogP contribution < -0.4 is 5.32 Å². The molecule has 0 heterocycles. The molecule has 5 nitrogen and oxygen atoms in total. The molecular formula is C11H21NO4S. The lowest BCUT2D eigenvalue weighted by Crippen LogP contribution is -2.39. The van der Waals surface area contributed by atoms with Crippen molar-refractivity contribution in [2.24, 2.45) is 0 Å². The van der Waals surface area contributed by atoms with Crippen LogP contribution in [0.25, 0.3) is 0 Å². The Balaban J connectivity index is 3.55. The first-order chi connectivity index (χ1) is 8.07. The molecule has 1 amide bonds. The van der Waals surface area contributed by atoms with Crippen LogP contribution >= 0.6 is 11.8 Å². The topological polar surface area (TPSA) is 75.6 Å². The van der Waals surface area contributed by atoms with E-state index in [1.807, 2.05) is 0 Å². The molecule has 100 valence electrons. The third kappa shape index (κ3) is 10.1. The van der Waals surface area contributed by atoms with E-state index in [4.69, 9.17) is 9.84 Å². The maximum absolute atomic E-state index is 10.8. The second kappa shape index (κ2) is 10.4. The van der Waals surface area contributed by atoms with Crippen LogP contribution in [0, 0.1) is 0 Å². The number of thioether (sulfide) groups is 1. The zero-order valence-corrected chi connectivity index (χ0v) is 11.2. The molecule has 6 heteroatoms. The van der Waals surface area contributed by atoms with E-state index in [1.54, 1.807) is 11.8 Å². The number of carboxylic acid groups (broad SMARTS) is 1. The predicted octanol–water partition coefficient (Wildman–Crippen LogP) is 1.13. The minimum atomic E-state index is -0.983. The first-order valence-electron chi connectivity index (χ1n) is 5.73. The Bertz CT molecular complexity index is 236. The van der Waals surface area contributed by atoms with Crippen LogP contribution in [0.15, 0.2) is 0 Å². The highest BCUT2D eigenvalue weighted by Crippen LogP contribution is 2.05. The van der Waals surface area contributed by atoms with Gasteiger partial charge in [-0.1, -0.05) is 6.92 Å². The minimum Gasteiger partial charge on any atom is -0.480 e. The van der Waals surface area contributed by atoms with Gasteiger partial charge in [-0.2, -0.15) is 11.8 Å². The van der Waals surface area contributed by atoms with Crippen LogP contribution in [0.4, 0.5) is 0 Å². The normalized spacial score (nSPS) is 12.1. The van der Waals surface area contributed by atoms with Crippen molar-refractivity contribution < 1.29 is 19.4 Å². The molecule has 0 saturated heterocycles. The maximum Gasteiger partial charge on any atom is 0.326 e. The van der Waals surface area contributed by atoms with E-state index in [9.17, 15) is 9.59 Å². The SMILES string of the molecule is CCCOCCSCCC(NC(C)=O)C(=O)O. The largest absolute Gasteiger partial charge is 0.480 e. The Morgan fingerprint density at radius 3 is 2.59 bits per heavy atom. The number of amides is 1. The summed E-state index contributed by atoms with van der Waals surface area (Å²) in [6.07, 6.45) is 1.45. The fraction of sp³-hybridized carbons (Fsp3) is 0.818. The van der Waals surface area contributed by atoms with Crippen molar-refractivity contribution in [1.29, 1.82) is 0 Å². The highest BCUT2D eigenvalue weighted by atomic mass is 32.2. The summed E-state index contributed by atoms with van der Waals surface area (Å²) in [5, 5.41) is 11.3. The number of ether oxygens (including phenoxy) is 1. The fourth-order valence-electron chi connectivity index (χ4n) is 1.17. The number of hydrogen-bond acceptors (Lipinski definition) is 4. The van der Waals surface area contributed by atoms with E-state index in [-0.39, 0.29) is 5.91 Å². The van der Waals surface area contributed by atoms with Crippen LogP contribution in [0.3, 0.4) is 0 Å². The summed E-state index contributed by atoms with van der Waals surface area (Å²) < 4.78 is 5.29. The van der Waals surface area contributed by atoms with Crippen molar-refractivity contribution in [3.63, 3.8) is 0 Å². The van der Waals surface area contributed by atoms with Gasteiger partial charge in [0, 0.05) is 19.3 Å². The van der Waals surface area contributed by atoms with Gasteiger partial charge in [-0.3, -0.25) is 4.79 Å². The average molecular weight is 263 g/mol. The molecule has 17 heavy (non-hydrogen) atoms. The molecule has 0 rings (SSSR count). The van der Waals surface area contributed by atoms with Crippen LogP contribution in [0.1, 0.15) is 26.7 Å². The number of rotatable bonds is 10. The molecule has 0 spiro atoms. The van der Waals surface area contributed by atoms with Crippen molar-refractivity contribution in [1.82, 2.24) is 5.32 Å². The third-order valence-corrected chi connectivity index (χ3v) is 2.93. The molecule has 0 aromatic rings. The molecule has 0 bridgehead atoms. The van der Waals surface area contributed by atoms with Gasteiger partial charge in [0.1, 0.15) is 6.04 Å². The summed E-state index contributed by atoms with van der Waals surface area (Å²) in [5.41, 5.74) is 0. The van der Waals surface area contributed by atoms with Gasteiger partial charge in [0.2, 0.25) is 5.91 Å². The second-order valence-electron chi connectivity index (χ2n) is 3.60. The van der Waals surface area contributed by atoms with Gasteiger partial charge in [0.25, 0.3) is 0 Å². The van der Waals surface area contributed by atoms with E-state index in [1.165, 1.54) is 6.92 Å². The summed E-state index contributed by atoms with van der Waals surface area (Å²) in [4.78, 5) is 21.6. The molecule has 0 radical (unpaired) electrons. The van der Waals surface area contributed by atoms with Gasteiger partial charge in [0.05, 0.1) is 6.61 Å². The monoisotopic (exact) mass is 263 g/mol. The van der Waals surface area contributed by atoms with Gasteiger partial charge < -0.3 is 15.2 Å². The van der Waals surface area contributed by atoms with E-state index < -0.39 is 12.0 Å². The van der Waals surface area contributed by atoms with Crippen LogP contribution in [-0.4, -0.2) is 47.7 Å². The van der Waals surface area contributed by atoms with Crippen LogP contribution in [0.5, 0.6) is 0 Å². The Morgan fingerprint density at radius 2 is 2.06 bits per heavy atom. The van der Waals surface area contributed by atoms with E-state index >= 15 is 0 Å². The number of hydrogen-bond donors (Lipinski definition) is 2. The van der Waals surface area contributed by atoms with Crippen molar-refractivity contribution in [3.05, 3.63) is 0 Å². The van der Waals surface area contributed by atoms with E-state index in [0.29, 0.717) is 18.8 Å². The summed E-state index contributed by atoms with van der Waals surface area (Å²) >= 11 is 1.64. The van der Waals surface area contributed by atoms with Gasteiger partial charge in [-0.15, -0.1) is 0 Å². The number of aliphatic carboxylic acids is 1. The predicted molar refractivity (Wildman–Crippen MR) is 68.3 cm³/mol. The first kappa shape index (κ1) is 16.2. The summed E-state index contributed by atoms with van der Waals surface area (Å²) in [7, 11) is 0. The highest BCUT2D eigenvalue weighted by molar-refractivity contribution is 7.99. The Hall–Kier alpha value is -0.750. The molecule has 0 aliphatic carbocycles. The van der Waals surface area contributed by atoms with Crippen molar-refractivity contribution in [2.75, 3.05) is 24.7 Å². The van der Waals surface area contributed by atoms with E-state index in [0.717, 1.165) is 18.8 Å². The summed E-state index contributed by atoms with van der Waals surface area (Å²) in [6, 6.07) is -0.781. The molecular weight excluding hydrogens is 242 g/mol. The minimum absolute atomic E-state index is 0.311. The van der Waals surface area contributed by atoms with Crippen molar-refractivity contribution in [2.45, 2.75) is 32.7 Å². The summed E-state index contributed by atoms with van der Waals surface area (Å²) in [6.45, 7) is 4.83. The number of carbonyl (C=O) groups is 2. The quantitative estimate of drug-likeness (QED) is 0.578. The molecule has 0 aliphatic heterocycles. The molecule has 1 atom stereocenters. The van der Waals surface area contributed by atoms with Crippen molar-refractivity contribution >= 4 is 23.6 Å². The average Bonchev–Trinajstić information content (AvgIpc) is 2.25. The lowest BCUT2D eigenvalue weighted by molar-refractivity contribution is -0.141. The van der Waals surface area contributed by atoms with Crippen LogP contribution in [-0.2, 0) is 14.3 Å².